The first-order chi connectivity index (χ1) is 12.9. The van der Waals surface area contributed by atoms with E-state index in [-0.39, 0.29) is 17.4 Å². The number of ketones is 1. The van der Waals surface area contributed by atoms with Crippen LogP contribution in [-0.2, 0) is 0 Å². The summed E-state index contributed by atoms with van der Waals surface area (Å²) >= 11 is 0. The van der Waals surface area contributed by atoms with Gasteiger partial charge in [-0.15, -0.1) is 0 Å². The van der Waals surface area contributed by atoms with Crippen LogP contribution < -0.4 is 10.6 Å². The number of nitrogens with zero attached hydrogens (tertiary/aromatic N) is 2. The average molecular weight is 360 g/mol. The Kier molecular flexibility index (Phi) is 5.26. The molecule has 6 heteroatoms. The van der Waals surface area contributed by atoms with Gasteiger partial charge in [0, 0.05) is 16.9 Å². The number of anilines is 3. The topological polar surface area (TPSA) is 84.0 Å². The fraction of sp³-hybridized carbons (Fsp3) is 0.143. The lowest BCUT2D eigenvalue weighted by atomic mass is 10.1. The van der Waals surface area contributed by atoms with Crippen molar-refractivity contribution in [1.82, 2.24) is 9.97 Å². The maximum absolute atomic E-state index is 12.3. The molecule has 0 saturated carbocycles. The molecule has 6 nitrogen and oxygen atoms in total. The monoisotopic (exact) mass is 360 g/mol. The molecule has 136 valence electrons. The molecule has 1 heterocycles. The lowest BCUT2D eigenvalue weighted by Gasteiger charge is -2.12. The molecule has 0 bridgehead atoms. The molecule has 1 amide bonds. The van der Waals surface area contributed by atoms with Crippen molar-refractivity contribution in [3.05, 3.63) is 77.2 Å². The van der Waals surface area contributed by atoms with Crippen molar-refractivity contribution in [2.24, 2.45) is 0 Å². The molecule has 0 atom stereocenters. The Morgan fingerprint density at radius 2 is 1.56 bits per heavy atom. The standard InChI is InChI=1S/C21H20N4O2/c1-13-5-4-6-14(2)20(13)25-19-12-22-18(11-23-19)21(27)24-17-9-7-16(8-10-17)15(3)26/h4-12H,1-3H3,(H,23,25)(H,24,27). The first-order valence-electron chi connectivity index (χ1n) is 8.51. The van der Waals surface area contributed by atoms with Gasteiger partial charge in [-0.1, -0.05) is 18.2 Å². The Labute approximate surface area is 157 Å². The maximum atomic E-state index is 12.3. The zero-order valence-corrected chi connectivity index (χ0v) is 15.4. The summed E-state index contributed by atoms with van der Waals surface area (Å²) in [5, 5.41) is 5.97. The normalized spacial score (nSPS) is 10.3. The molecule has 0 saturated heterocycles. The fourth-order valence-corrected chi connectivity index (χ4v) is 2.63. The van der Waals surface area contributed by atoms with Gasteiger partial charge in [-0.05, 0) is 56.2 Å². The molecule has 1 aromatic heterocycles. The fourth-order valence-electron chi connectivity index (χ4n) is 2.63. The van der Waals surface area contributed by atoms with Crippen molar-refractivity contribution in [2.75, 3.05) is 10.6 Å². The summed E-state index contributed by atoms with van der Waals surface area (Å²) in [7, 11) is 0. The second-order valence-corrected chi connectivity index (χ2v) is 6.27. The highest BCUT2D eigenvalue weighted by atomic mass is 16.2. The van der Waals surface area contributed by atoms with Gasteiger partial charge in [0.05, 0.1) is 12.4 Å². The van der Waals surface area contributed by atoms with E-state index in [1.165, 1.54) is 19.3 Å². The second-order valence-electron chi connectivity index (χ2n) is 6.27. The molecule has 3 aromatic rings. The van der Waals surface area contributed by atoms with Crippen LogP contribution in [0.25, 0.3) is 0 Å². The highest BCUT2D eigenvalue weighted by Crippen LogP contribution is 2.22. The van der Waals surface area contributed by atoms with E-state index in [0.29, 0.717) is 17.1 Å². The van der Waals surface area contributed by atoms with Crippen molar-refractivity contribution in [1.29, 1.82) is 0 Å². The molecule has 3 rings (SSSR count). The van der Waals surface area contributed by atoms with E-state index < -0.39 is 0 Å². The molecule has 2 N–H and O–H groups in total. The van der Waals surface area contributed by atoms with Crippen LogP contribution in [0.3, 0.4) is 0 Å². The van der Waals surface area contributed by atoms with Gasteiger partial charge in [0.25, 0.3) is 5.91 Å². The van der Waals surface area contributed by atoms with Crippen molar-refractivity contribution in [3.8, 4) is 0 Å². The molecule has 27 heavy (non-hydrogen) atoms. The zero-order chi connectivity index (χ0) is 19.4. The van der Waals surface area contributed by atoms with Crippen LogP contribution in [-0.4, -0.2) is 21.7 Å². The van der Waals surface area contributed by atoms with Crippen molar-refractivity contribution < 1.29 is 9.59 Å². The van der Waals surface area contributed by atoms with Crippen LogP contribution in [0.1, 0.15) is 38.9 Å². The minimum Gasteiger partial charge on any atom is -0.339 e. The summed E-state index contributed by atoms with van der Waals surface area (Å²) in [5.41, 5.74) is 4.58. The number of carbonyl (C=O) groups is 2. The van der Waals surface area contributed by atoms with Crippen LogP contribution >= 0.6 is 0 Å². The van der Waals surface area contributed by atoms with Crippen LogP contribution in [0.2, 0.25) is 0 Å². The van der Waals surface area contributed by atoms with Crippen LogP contribution in [0, 0.1) is 13.8 Å². The highest BCUT2D eigenvalue weighted by molar-refractivity contribution is 6.03. The van der Waals surface area contributed by atoms with Crippen molar-refractivity contribution >= 4 is 28.9 Å². The molecule has 0 aliphatic heterocycles. The molecular weight excluding hydrogens is 340 g/mol. The molecular formula is C21H20N4O2. The summed E-state index contributed by atoms with van der Waals surface area (Å²) in [5.74, 6) is 0.178. The summed E-state index contributed by atoms with van der Waals surface area (Å²) in [6.07, 6.45) is 2.95. The predicted octanol–water partition coefficient (Wildman–Crippen LogP) is 4.29. The molecule has 0 radical (unpaired) electrons. The highest BCUT2D eigenvalue weighted by Gasteiger charge is 2.10. The third-order valence-electron chi connectivity index (χ3n) is 4.17. The Hall–Kier alpha value is -3.54. The Bertz CT molecular complexity index is 960. The Morgan fingerprint density at radius 1 is 0.889 bits per heavy atom. The second kappa shape index (κ2) is 7.78. The Balaban J connectivity index is 1.69. The smallest absolute Gasteiger partial charge is 0.275 e. The lowest BCUT2D eigenvalue weighted by Crippen LogP contribution is -2.14. The van der Waals surface area contributed by atoms with Gasteiger partial charge in [-0.3, -0.25) is 9.59 Å². The van der Waals surface area contributed by atoms with E-state index in [1.54, 1.807) is 24.3 Å². The number of nitrogens with one attached hydrogen (secondary N) is 2. The number of hydrogen-bond donors (Lipinski definition) is 2. The number of hydrogen-bond acceptors (Lipinski definition) is 5. The molecule has 0 unspecified atom stereocenters. The minimum atomic E-state index is -0.364. The van der Waals surface area contributed by atoms with E-state index in [1.807, 2.05) is 32.0 Å². The average Bonchev–Trinajstić information content (AvgIpc) is 2.66. The van der Waals surface area contributed by atoms with Gasteiger partial charge < -0.3 is 10.6 Å². The van der Waals surface area contributed by atoms with E-state index in [0.717, 1.165) is 16.8 Å². The summed E-state index contributed by atoms with van der Waals surface area (Å²) in [6.45, 7) is 5.53. The van der Waals surface area contributed by atoms with Crippen LogP contribution in [0.5, 0.6) is 0 Å². The molecule has 0 fully saturated rings. The number of carbonyl (C=O) groups excluding carboxylic acids is 2. The van der Waals surface area contributed by atoms with E-state index >= 15 is 0 Å². The number of aromatic nitrogens is 2. The summed E-state index contributed by atoms with van der Waals surface area (Å²) in [6, 6.07) is 12.7. The molecule has 0 aliphatic rings. The van der Waals surface area contributed by atoms with Gasteiger partial charge in [0.2, 0.25) is 0 Å². The molecule has 0 spiro atoms. The van der Waals surface area contributed by atoms with Gasteiger partial charge in [0.15, 0.2) is 5.78 Å². The third-order valence-corrected chi connectivity index (χ3v) is 4.17. The zero-order valence-electron chi connectivity index (χ0n) is 15.4. The SMILES string of the molecule is CC(=O)c1ccc(NC(=O)c2cnc(Nc3c(C)cccc3C)cn2)cc1. The first-order valence-corrected chi connectivity index (χ1v) is 8.51. The van der Waals surface area contributed by atoms with Gasteiger partial charge in [0.1, 0.15) is 11.5 Å². The molecule has 0 aliphatic carbocycles. The summed E-state index contributed by atoms with van der Waals surface area (Å²) in [4.78, 5) is 32.1. The maximum Gasteiger partial charge on any atom is 0.275 e. The number of para-hydroxylation sites is 1. The van der Waals surface area contributed by atoms with Crippen LogP contribution in [0.15, 0.2) is 54.9 Å². The van der Waals surface area contributed by atoms with Gasteiger partial charge in [-0.25, -0.2) is 9.97 Å². The number of amides is 1. The minimum absolute atomic E-state index is 0.0225. The van der Waals surface area contributed by atoms with Gasteiger partial charge >= 0.3 is 0 Å². The van der Waals surface area contributed by atoms with Crippen LogP contribution in [0.4, 0.5) is 17.2 Å². The quantitative estimate of drug-likeness (QED) is 0.663. The third kappa shape index (κ3) is 4.36. The van der Waals surface area contributed by atoms with E-state index in [9.17, 15) is 9.59 Å². The number of benzene rings is 2. The largest absolute Gasteiger partial charge is 0.339 e. The van der Waals surface area contributed by atoms with E-state index in [4.69, 9.17) is 0 Å². The van der Waals surface area contributed by atoms with E-state index in [2.05, 4.69) is 20.6 Å². The van der Waals surface area contributed by atoms with Gasteiger partial charge in [-0.2, -0.15) is 0 Å². The van der Waals surface area contributed by atoms with Crippen molar-refractivity contribution in [3.63, 3.8) is 0 Å². The number of Topliss-reactive ketones (excluding diaryl/α,β-unsaturated/α-hetero) is 1. The predicted molar refractivity (Wildman–Crippen MR) is 106 cm³/mol. The van der Waals surface area contributed by atoms with Crippen molar-refractivity contribution in [2.45, 2.75) is 20.8 Å². The summed E-state index contributed by atoms with van der Waals surface area (Å²) < 4.78 is 0. The lowest BCUT2D eigenvalue weighted by molar-refractivity contribution is 0.101. The number of rotatable bonds is 5. The first kappa shape index (κ1) is 18.3. The Morgan fingerprint density at radius 3 is 2.11 bits per heavy atom. The molecule has 2 aromatic carbocycles. The number of aryl methyl sites for hydroxylation is 2.